The first-order valence-corrected chi connectivity index (χ1v) is 10.2. The molecule has 0 aliphatic heterocycles. The van der Waals surface area contributed by atoms with E-state index in [0.717, 1.165) is 18.2 Å². The van der Waals surface area contributed by atoms with Gasteiger partial charge in [0.25, 0.3) is 0 Å². The highest BCUT2D eigenvalue weighted by Crippen LogP contribution is 2.30. The first-order chi connectivity index (χ1) is 16.1. The van der Waals surface area contributed by atoms with Gasteiger partial charge in [-0.1, -0.05) is 32.0 Å². The molecule has 0 amide bonds. The highest BCUT2D eigenvalue weighted by atomic mass is 19.4. The van der Waals surface area contributed by atoms with Gasteiger partial charge < -0.3 is 20.5 Å². The zero-order valence-corrected chi connectivity index (χ0v) is 18.2. The summed E-state index contributed by atoms with van der Waals surface area (Å²) in [6.45, 7) is 3.53. The van der Waals surface area contributed by atoms with Crippen LogP contribution in [0.25, 0.3) is 11.3 Å². The first-order valence-electron chi connectivity index (χ1n) is 10.2. The molecular weight excluding hydrogens is 454 g/mol. The number of alkyl halides is 3. The van der Waals surface area contributed by atoms with Crippen molar-refractivity contribution in [2.24, 2.45) is 5.92 Å². The number of nitrogens with zero attached hydrogens (tertiary/aromatic N) is 3. The maximum Gasteiger partial charge on any atom is 0.573 e. The van der Waals surface area contributed by atoms with E-state index in [9.17, 15) is 27.9 Å². The summed E-state index contributed by atoms with van der Waals surface area (Å²) in [5, 5.41) is 24.8. The average molecular weight is 475 g/mol. The first kappa shape index (κ1) is 24.7. The van der Waals surface area contributed by atoms with E-state index < -0.39 is 24.0 Å². The highest BCUT2D eigenvalue weighted by molar-refractivity contribution is 5.70. The third-order valence-corrected chi connectivity index (χ3v) is 4.79. The number of rotatable bonds is 8. The summed E-state index contributed by atoms with van der Waals surface area (Å²) in [5.74, 6) is -0.926. The number of hydrogen-bond acceptors (Lipinski definition) is 7. The predicted molar refractivity (Wildman–Crippen MR) is 118 cm³/mol. The molecule has 0 saturated carbocycles. The molecule has 0 fully saturated rings. The smallest absolute Gasteiger partial charge is 0.406 e. The van der Waals surface area contributed by atoms with E-state index in [1.807, 2.05) is 13.8 Å². The van der Waals surface area contributed by atoms with Crippen molar-refractivity contribution in [1.82, 2.24) is 9.97 Å². The van der Waals surface area contributed by atoms with E-state index in [-0.39, 0.29) is 41.2 Å². The van der Waals surface area contributed by atoms with Crippen molar-refractivity contribution < 1.29 is 27.4 Å². The molecule has 0 spiro atoms. The van der Waals surface area contributed by atoms with Crippen LogP contribution in [-0.2, 0) is 0 Å². The molecule has 11 heteroatoms. The van der Waals surface area contributed by atoms with Gasteiger partial charge in [-0.2, -0.15) is 10.2 Å². The number of benzene rings is 2. The molecule has 1 atom stereocenters. The summed E-state index contributed by atoms with van der Waals surface area (Å²) in [4.78, 5) is 8.69. The molecule has 1 aromatic heterocycles. The van der Waals surface area contributed by atoms with E-state index in [1.54, 1.807) is 6.07 Å². The average Bonchev–Trinajstić information content (AvgIpc) is 2.76. The van der Waals surface area contributed by atoms with E-state index in [2.05, 4.69) is 25.3 Å². The molecule has 1 heterocycles. The van der Waals surface area contributed by atoms with Crippen LogP contribution in [0.1, 0.15) is 19.4 Å². The van der Waals surface area contributed by atoms with Crippen molar-refractivity contribution in [2.45, 2.75) is 26.3 Å². The fraction of sp³-hybridized carbons (Fsp3) is 0.261. The van der Waals surface area contributed by atoms with Crippen LogP contribution < -0.4 is 15.4 Å². The van der Waals surface area contributed by atoms with Crippen molar-refractivity contribution in [3.63, 3.8) is 0 Å². The van der Waals surface area contributed by atoms with Crippen LogP contribution in [0.3, 0.4) is 0 Å². The summed E-state index contributed by atoms with van der Waals surface area (Å²) in [5.41, 5.74) is 0.436. The van der Waals surface area contributed by atoms with E-state index >= 15 is 0 Å². The van der Waals surface area contributed by atoms with E-state index in [0.29, 0.717) is 5.56 Å². The van der Waals surface area contributed by atoms with Crippen LogP contribution in [0, 0.1) is 23.1 Å². The minimum Gasteiger partial charge on any atom is -0.406 e. The normalized spacial score (nSPS) is 12.2. The second-order valence-corrected chi connectivity index (χ2v) is 7.61. The molecule has 0 aliphatic carbocycles. The summed E-state index contributed by atoms with van der Waals surface area (Å²) >= 11 is 0. The monoisotopic (exact) mass is 475 g/mol. The maximum absolute atomic E-state index is 14.0. The quantitative estimate of drug-likeness (QED) is 0.384. The second-order valence-electron chi connectivity index (χ2n) is 7.61. The Labute approximate surface area is 193 Å². The molecule has 3 N–H and O–H groups in total. The molecule has 7 nitrogen and oxygen atoms in total. The number of aromatic nitrogens is 2. The molecule has 0 saturated heterocycles. The lowest BCUT2D eigenvalue weighted by atomic mass is 10.1. The second kappa shape index (κ2) is 10.4. The molecule has 2 aromatic carbocycles. The number of nitriles is 1. The van der Waals surface area contributed by atoms with Gasteiger partial charge in [0.15, 0.2) is 0 Å². The van der Waals surface area contributed by atoms with Crippen LogP contribution >= 0.6 is 0 Å². The van der Waals surface area contributed by atoms with Crippen molar-refractivity contribution in [1.29, 1.82) is 5.26 Å². The van der Waals surface area contributed by atoms with Gasteiger partial charge in [-0.05, 0) is 30.2 Å². The Kier molecular flexibility index (Phi) is 7.53. The Morgan fingerprint density at radius 1 is 1.12 bits per heavy atom. The van der Waals surface area contributed by atoms with Crippen LogP contribution in [0.2, 0.25) is 0 Å². The predicted octanol–water partition coefficient (Wildman–Crippen LogP) is 5.23. The number of nitrogens with one attached hydrogen (secondary N) is 2. The maximum atomic E-state index is 14.0. The molecule has 0 aliphatic rings. The van der Waals surface area contributed by atoms with E-state index in [4.69, 9.17) is 0 Å². The SMILES string of the molecule is CC(C)[C@H](CO)Nc1nc(Nc2cccc(F)c2C#N)cc(-c2cccc(OC(F)(F)F)c2)n1. The molecule has 34 heavy (non-hydrogen) atoms. The molecule has 0 unspecified atom stereocenters. The van der Waals surface area contributed by atoms with Gasteiger partial charge in [-0.15, -0.1) is 13.2 Å². The molecule has 178 valence electrons. The third kappa shape index (κ3) is 6.32. The number of halogens is 4. The van der Waals surface area contributed by atoms with Gasteiger partial charge in [0, 0.05) is 11.6 Å². The number of aliphatic hydroxyl groups is 1. The number of ether oxygens (including phenoxy) is 1. The largest absolute Gasteiger partial charge is 0.573 e. The standard InChI is InChI=1S/C23H21F4N5O2/c1-13(2)20(12-33)31-22-30-19(14-5-3-6-15(9-14)34-23(25,26)27)10-21(32-22)29-18-8-4-7-17(24)16(18)11-28/h3-10,13,20,33H,12H2,1-2H3,(H2,29,30,31,32)/t20-/m0/s1. The fourth-order valence-electron chi connectivity index (χ4n) is 3.05. The summed E-state index contributed by atoms with van der Waals surface area (Å²) < 4.78 is 56.0. The van der Waals surface area contributed by atoms with Crippen molar-refractivity contribution in [3.8, 4) is 23.1 Å². The lowest BCUT2D eigenvalue weighted by molar-refractivity contribution is -0.274. The highest BCUT2D eigenvalue weighted by Gasteiger charge is 2.31. The summed E-state index contributed by atoms with van der Waals surface area (Å²) in [6, 6.07) is 12.1. The van der Waals surface area contributed by atoms with Crippen molar-refractivity contribution >= 4 is 17.5 Å². The van der Waals surface area contributed by atoms with Gasteiger partial charge in [0.1, 0.15) is 29.0 Å². The van der Waals surface area contributed by atoms with Crippen LogP contribution in [0.15, 0.2) is 48.5 Å². The fourth-order valence-corrected chi connectivity index (χ4v) is 3.05. The van der Waals surface area contributed by atoms with Crippen molar-refractivity contribution in [2.75, 3.05) is 17.2 Å². The Balaban J connectivity index is 2.06. The van der Waals surface area contributed by atoms with Gasteiger partial charge in [0.2, 0.25) is 5.95 Å². The van der Waals surface area contributed by atoms with Crippen LogP contribution in [0.5, 0.6) is 5.75 Å². The molecular formula is C23H21F4N5O2. The number of anilines is 3. The lowest BCUT2D eigenvalue weighted by Crippen LogP contribution is -2.30. The minimum absolute atomic E-state index is 0.00518. The minimum atomic E-state index is -4.86. The Morgan fingerprint density at radius 2 is 1.85 bits per heavy atom. The molecule has 0 bridgehead atoms. The number of aliphatic hydroxyl groups excluding tert-OH is 1. The van der Waals surface area contributed by atoms with E-state index in [1.165, 1.54) is 30.3 Å². The van der Waals surface area contributed by atoms with Gasteiger partial charge in [-0.3, -0.25) is 0 Å². The van der Waals surface area contributed by atoms with Crippen LogP contribution in [-0.4, -0.2) is 34.1 Å². The Hall–Kier alpha value is -3.91. The van der Waals surface area contributed by atoms with Gasteiger partial charge >= 0.3 is 6.36 Å². The zero-order valence-electron chi connectivity index (χ0n) is 18.2. The molecule has 3 rings (SSSR count). The van der Waals surface area contributed by atoms with Crippen molar-refractivity contribution in [3.05, 3.63) is 59.9 Å². The van der Waals surface area contributed by atoms with Gasteiger partial charge in [-0.25, -0.2) is 9.37 Å². The zero-order chi connectivity index (χ0) is 24.9. The number of hydrogen-bond donors (Lipinski definition) is 3. The molecule has 0 radical (unpaired) electrons. The van der Waals surface area contributed by atoms with Crippen LogP contribution in [0.4, 0.5) is 35.0 Å². The Morgan fingerprint density at radius 3 is 2.50 bits per heavy atom. The summed E-state index contributed by atoms with van der Waals surface area (Å²) in [7, 11) is 0. The molecule has 3 aromatic rings. The lowest BCUT2D eigenvalue weighted by Gasteiger charge is -2.21. The topological polar surface area (TPSA) is 103 Å². The van der Waals surface area contributed by atoms with Gasteiger partial charge in [0.05, 0.1) is 24.0 Å². The third-order valence-electron chi connectivity index (χ3n) is 4.79. The Bertz CT molecular complexity index is 1190. The summed E-state index contributed by atoms with van der Waals surface area (Å²) in [6.07, 6.45) is -4.86.